The highest BCUT2D eigenvalue weighted by molar-refractivity contribution is 7.90. The molecule has 0 aliphatic carbocycles. The maximum atomic E-state index is 13.5. The summed E-state index contributed by atoms with van der Waals surface area (Å²) < 4.78 is 37.7. The third-order valence-corrected chi connectivity index (χ3v) is 4.18. The lowest BCUT2D eigenvalue weighted by atomic mass is 10.2. The lowest BCUT2D eigenvalue weighted by molar-refractivity contribution is 0.0695. The number of carbonyl (C=O) groups is 1. The van der Waals surface area contributed by atoms with Gasteiger partial charge in [0.2, 0.25) is 0 Å². The molecule has 0 radical (unpaired) electrons. The van der Waals surface area contributed by atoms with Crippen LogP contribution in [0.15, 0.2) is 41.7 Å². The quantitative estimate of drug-likeness (QED) is 0.913. The molecule has 0 atom stereocenters. The standard InChI is InChI=1S/C12H9FN2O4S/c13-9-3-1-2-4-11(9)20(18,19)6-10-8(12(16)17)5-14-7-15-10/h1-5,7H,6H2,(H,16,17). The average Bonchev–Trinajstić information content (AvgIpc) is 2.39. The summed E-state index contributed by atoms with van der Waals surface area (Å²) in [7, 11) is -4.03. The van der Waals surface area contributed by atoms with Crippen LogP contribution in [-0.4, -0.2) is 29.5 Å². The van der Waals surface area contributed by atoms with Gasteiger partial charge in [0, 0.05) is 6.20 Å². The fourth-order valence-electron chi connectivity index (χ4n) is 1.60. The highest BCUT2D eigenvalue weighted by Gasteiger charge is 2.23. The predicted molar refractivity (Wildman–Crippen MR) is 66.3 cm³/mol. The van der Waals surface area contributed by atoms with Crippen molar-refractivity contribution in [1.82, 2.24) is 9.97 Å². The molecule has 1 aromatic carbocycles. The van der Waals surface area contributed by atoms with Crippen molar-refractivity contribution in [2.45, 2.75) is 10.6 Å². The minimum Gasteiger partial charge on any atom is -0.478 e. The minimum absolute atomic E-state index is 0.184. The molecule has 20 heavy (non-hydrogen) atoms. The Balaban J connectivity index is 2.45. The summed E-state index contributed by atoms with van der Waals surface area (Å²) >= 11 is 0. The molecule has 104 valence electrons. The van der Waals surface area contributed by atoms with Crippen molar-refractivity contribution >= 4 is 15.8 Å². The highest BCUT2D eigenvalue weighted by Crippen LogP contribution is 2.19. The maximum absolute atomic E-state index is 13.5. The molecule has 1 aromatic heterocycles. The van der Waals surface area contributed by atoms with Gasteiger partial charge in [-0.05, 0) is 12.1 Å². The number of hydrogen-bond donors (Lipinski definition) is 1. The zero-order valence-electron chi connectivity index (χ0n) is 10.0. The Bertz CT molecular complexity index is 762. The molecule has 0 saturated carbocycles. The van der Waals surface area contributed by atoms with Crippen molar-refractivity contribution < 1.29 is 22.7 Å². The fraction of sp³-hybridized carbons (Fsp3) is 0.0833. The first-order valence-corrected chi connectivity index (χ1v) is 7.06. The van der Waals surface area contributed by atoms with Crippen molar-refractivity contribution in [2.75, 3.05) is 0 Å². The Hall–Kier alpha value is -2.35. The number of sulfone groups is 1. The lowest BCUT2D eigenvalue weighted by Crippen LogP contribution is -2.13. The molecular formula is C12H9FN2O4S. The Morgan fingerprint density at radius 3 is 2.65 bits per heavy atom. The van der Waals surface area contributed by atoms with Gasteiger partial charge in [-0.3, -0.25) is 0 Å². The predicted octanol–water partition coefficient (Wildman–Crippen LogP) is 1.29. The third-order valence-electron chi connectivity index (χ3n) is 2.52. The van der Waals surface area contributed by atoms with Gasteiger partial charge in [0.25, 0.3) is 0 Å². The molecule has 0 fully saturated rings. The number of carboxylic acids is 1. The molecule has 2 rings (SSSR count). The molecule has 0 amide bonds. The summed E-state index contributed by atoms with van der Waals surface area (Å²) in [5.74, 6) is -2.94. The zero-order valence-corrected chi connectivity index (χ0v) is 10.8. The molecule has 1 N–H and O–H groups in total. The van der Waals surface area contributed by atoms with Gasteiger partial charge in [-0.1, -0.05) is 12.1 Å². The summed E-state index contributed by atoms with van der Waals surface area (Å²) in [6.07, 6.45) is 2.04. The Labute approximate surface area is 113 Å². The Morgan fingerprint density at radius 1 is 1.30 bits per heavy atom. The third kappa shape index (κ3) is 2.80. The average molecular weight is 296 g/mol. The van der Waals surface area contributed by atoms with Crippen LogP contribution in [0.2, 0.25) is 0 Å². The second kappa shape index (κ2) is 5.33. The van der Waals surface area contributed by atoms with E-state index < -0.39 is 32.3 Å². The second-order valence-electron chi connectivity index (χ2n) is 3.88. The molecule has 6 nitrogen and oxygen atoms in total. The number of carboxylic acid groups (broad SMARTS) is 1. The molecule has 1 heterocycles. The number of aromatic carboxylic acids is 1. The van der Waals surface area contributed by atoms with E-state index in [4.69, 9.17) is 5.11 Å². The first-order valence-electron chi connectivity index (χ1n) is 5.41. The molecule has 0 saturated heterocycles. The van der Waals surface area contributed by atoms with Crippen LogP contribution >= 0.6 is 0 Å². The van der Waals surface area contributed by atoms with Crippen molar-refractivity contribution in [2.24, 2.45) is 0 Å². The second-order valence-corrected chi connectivity index (χ2v) is 5.84. The van der Waals surface area contributed by atoms with Gasteiger partial charge in [0.1, 0.15) is 22.6 Å². The fourth-order valence-corrected chi connectivity index (χ4v) is 3.00. The van der Waals surface area contributed by atoms with Crippen LogP contribution in [0.1, 0.15) is 16.1 Å². The van der Waals surface area contributed by atoms with Crippen molar-refractivity contribution in [3.8, 4) is 0 Å². The van der Waals surface area contributed by atoms with Gasteiger partial charge in [0.15, 0.2) is 9.84 Å². The number of halogens is 1. The van der Waals surface area contributed by atoms with Crippen LogP contribution in [0.3, 0.4) is 0 Å². The molecule has 2 aromatic rings. The highest BCUT2D eigenvalue weighted by atomic mass is 32.2. The number of benzene rings is 1. The number of hydrogen-bond acceptors (Lipinski definition) is 5. The van der Waals surface area contributed by atoms with E-state index in [1.165, 1.54) is 12.1 Å². The van der Waals surface area contributed by atoms with Crippen LogP contribution in [0.4, 0.5) is 4.39 Å². The molecule has 0 spiro atoms. The number of nitrogens with zero attached hydrogens (tertiary/aromatic N) is 2. The summed E-state index contributed by atoms with van der Waals surface area (Å²) in [5.41, 5.74) is -0.511. The minimum atomic E-state index is -4.03. The Kier molecular flexibility index (Phi) is 3.75. The van der Waals surface area contributed by atoms with Gasteiger partial charge in [-0.25, -0.2) is 27.6 Å². The SMILES string of the molecule is O=C(O)c1cncnc1CS(=O)(=O)c1ccccc1F. The molecule has 0 bridgehead atoms. The van der Waals surface area contributed by atoms with Crippen LogP contribution in [0.25, 0.3) is 0 Å². The topological polar surface area (TPSA) is 97.2 Å². The van der Waals surface area contributed by atoms with E-state index in [-0.39, 0.29) is 11.3 Å². The van der Waals surface area contributed by atoms with Crippen molar-refractivity contribution in [3.05, 3.63) is 53.9 Å². The molecule has 0 unspecified atom stereocenters. The summed E-state index contributed by atoms with van der Waals surface area (Å²) in [5, 5.41) is 8.94. The van der Waals surface area contributed by atoms with Gasteiger partial charge in [-0.2, -0.15) is 0 Å². The van der Waals surface area contributed by atoms with Gasteiger partial charge >= 0.3 is 5.97 Å². The van der Waals surface area contributed by atoms with E-state index in [0.717, 1.165) is 24.7 Å². The number of rotatable bonds is 4. The monoisotopic (exact) mass is 296 g/mol. The summed E-state index contributed by atoms with van der Waals surface area (Å²) in [4.78, 5) is 17.6. The van der Waals surface area contributed by atoms with E-state index in [2.05, 4.69) is 9.97 Å². The van der Waals surface area contributed by atoms with E-state index in [9.17, 15) is 17.6 Å². The van der Waals surface area contributed by atoms with E-state index >= 15 is 0 Å². The van der Waals surface area contributed by atoms with Crippen LogP contribution in [0, 0.1) is 5.82 Å². The zero-order chi connectivity index (χ0) is 14.8. The van der Waals surface area contributed by atoms with Crippen LogP contribution in [0.5, 0.6) is 0 Å². The van der Waals surface area contributed by atoms with Gasteiger partial charge in [0.05, 0.1) is 11.4 Å². The normalized spacial score (nSPS) is 11.2. The van der Waals surface area contributed by atoms with E-state index in [1.54, 1.807) is 0 Å². The maximum Gasteiger partial charge on any atom is 0.339 e. The molecule has 0 aliphatic heterocycles. The van der Waals surface area contributed by atoms with Crippen molar-refractivity contribution in [1.29, 1.82) is 0 Å². The first kappa shape index (κ1) is 14.1. The lowest BCUT2D eigenvalue weighted by Gasteiger charge is -2.06. The smallest absolute Gasteiger partial charge is 0.339 e. The summed E-state index contributed by atoms with van der Waals surface area (Å²) in [6, 6.07) is 4.88. The summed E-state index contributed by atoms with van der Waals surface area (Å²) in [6.45, 7) is 0. The van der Waals surface area contributed by atoms with Crippen LogP contribution in [-0.2, 0) is 15.6 Å². The molecular weight excluding hydrogens is 287 g/mol. The Morgan fingerprint density at radius 2 is 2.00 bits per heavy atom. The van der Waals surface area contributed by atoms with Crippen LogP contribution < -0.4 is 0 Å². The largest absolute Gasteiger partial charge is 0.478 e. The van der Waals surface area contributed by atoms with E-state index in [1.807, 2.05) is 0 Å². The number of aromatic nitrogens is 2. The van der Waals surface area contributed by atoms with Crippen molar-refractivity contribution in [3.63, 3.8) is 0 Å². The molecule has 8 heteroatoms. The van der Waals surface area contributed by atoms with Gasteiger partial charge in [-0.15, -0.1) is 0 Å². The van der Waals surface area contributed by atoms with Gasteiger partial charge < -0.3 is 5.11 Å². The van der Waals surface area contributed by atoms with E-state index in [0.29, 0.717) is 0 Å². The molecule has 0 aliphatic rings. The first-order chi connectivity index (χ1) is 9.42.